The molecule has 210 valence electrons. The quantitative estimate of drug-likeness (QED) is 0.336. The van der Waals surface area contributed by atoms with Crippen molar-refractivity contribution in [1.29, 1.82) is 0 Å². The summed E-state index contributed by atoms with van der Waals surface area (Å²) in [4.78, 5) is 18.1. The van der Waals surface area contributed by atoms with Crippen LogP contribution in [0.3, 0.4) is 0 Å². The predicted molar refractivity (Wildman–Crippen MR) is 165 cm³/mol. The number of aliphatic imine (C=N–C) groups is 1. The highest BCUT2D eigenvalue weighted by Crippen LogP contribution is 2.43. The number of ether oxygens (including phenoxy) is 1. The number of likely N-dealkylation sites (tertiary alicyclic amines) is 1. The van der Waals surface area contributed by atoms with Crippen LogP contribution in [0.2, 0.25) is 0 Å². The fourth-order valence-electron chi connectivity index (χ4n) is 6.51. The summed E-state index contributed by atoms with van der Waals surface area (Å²) in [6.07, 6.45) is 5.80. The third-order valence-corrected chi connectivity index (χ3v) is 8.72. The van der Waals surface area contributed by atoms with Crippen LogP contribution < -0.4 is 4.74 Å². The van der Waals surface area contributed by atoms with E-state index in [0.717, 1.165) is 67.2 Å². The SMILES string of the molecule is C=C(C1=C(N=C(C)CN2CCCC2)CCC(C)(C)C1)N1CCOc2ccc(-c3ccc4nc(C)[nH]c4c3)cc2C1. The van der Waals surface area contributed by atoms with Crippen molar-refractivity contribution in [1.82, 2.24) is 19.8 Å². The van der Waals surface area contributed by atoms with Gasteiger partial charge in [-0.3, -0.25) is 9.89 Å². The molecule has 2 aliphatic heterocycles. The first-order valence-electron chi connectivity index (χ1n) is 14.9. The summed E-state index contributed by atoms with van der Waals surface area (Å²) in [7, 11) is 0. The number of imidazole rings is 1. The molecule has 3 heterocycles. The van der Waals surface area contributed by atoms with E-state index in [-0.39, 0.29) is 5.41 Å². The van der Waals surface area contributed by atoms with Crippen molar-refractivity contribution >= 4 is 16.7 Å². The summed E-state index contributed by atoms with van der Waals surface area (Å²) in [6.45, 7) is 19.2. The van der Waals surface area contributed by atoms with Crippen molar-refractivity contribution in [2.75, 3.05) is 32.8 Å². The second-order valence-electron chi connectivity index (χ2n) is 12.7. The minimum absolute atomic E-state index is 0.247. The van der Waals surface area contributed by atoms with E-state index in [4.69, 9.17) is 9.73 Å². The molecular weight excluding hydrogens is 494 g/mol. The van der Waals surface area contributed by atoms with Crippen LogP contribution >= 0.6 is 0 Å². The van der Waals surface area contributed by atoms with Gasteiger partial charge < -0.3 is 14.6 Å². The molecule has 3 aliphatic rings. The van der Waals surface area contributed by atoms with Crippen LogP contribution in [0.4, 0.5) is 0 Å². The number of hydrogen-bond acceptors (Lipinski definition) is 5. The van der Waals surface area contributed by atoms with E-state index >= 15 is 0 Å². The van der Waals surface area contributed by atoms with Gasteiger partial charge >= 0.3 is 0 Å². The number of fused-ring (bicyclic) bond motifs is 2. The van der Waals surface area contributed by atoms with E-state index in [1.54, 1.807) is 0 Å². The Bertz CT molecular complexity index is 1490. The molecule has 3 aromatic rings. The smallest absolute Gasteiger partial charge is 0.124 e. The maximum Gasteiger partial charge on any atom is 0.124 e. The van der Waals surface area contributed by atoms with Gasteiger partial charge in [-0.05, 0) is 105 Å². The maximum atomic E-state index is 6.24. The van der Waals surface area contributed by atoms with Gasteiger partial charge in [-0.2, -0.15) is 0 Å². The van der Waals surface area contributed by atoms with Crippen LogP contribution in [0, 0.1) is 12.3 Å². The summed E-state index contributed by atoms with van der Waals surface area (Å²) in [5.74, 6) is 1.90. The van der Waals surface area contributed by atoms with Crippen molar-refractivity contribution < 1.29 is 4.74 Å². The van der Waals surface area contributed by atoms with E-state index in [1.165, 1.54) is 59.6 Å². The third-order valence-electron chi connectivity index (χ3n) is 8.72. The number of H-pyrrole nitrogens is 1. The molecular formula is C34H43N5O. The third kappa shape index (κ3) is 5.73. The van der Waals surface area contributed by atoms with E-state index < -0.39 is 0 Å². The van der Waals surface area contributed by atoms with E-state index in [0.29, 0.717) is 6.61 Å². The van der Waals surface area contributed by atoms with Crippen LogP contribution in [-0.4, -0.2) is 58.3 Å². The molecule has 6 heteroatoms. The molecule has 0 bridgehead atoms. The van der Waals surface area contributed by atoms with E-state index in [2.05, 4.69) is 83.5 Å². The van der Waals surface area contributed by atoms with Crippen molar-refractivity contribution in [2.45, 2.75) is 66.3 Å². The molecule has 0 amide bonds. The number of nitrogens with zero attached hydrogens (tertiary/aromatic N) is 4. The zero-order chi connectivity index (χ0) is 27.9. The Balaban J connectivity index is 1.28. The van der Waals surface area contributed by atoms with Crippen molar-refractivity contribution in [3.63, 3.8) is 0 Å². The summed E-state index contributed by atoms with van der Waals surface area (Å²) >= 11 is 0. The Labute approximate surface area is 238 Å². The Morgan fingerprint density at radius 3 is 2.70 bits per heavy atom. The van der Waals surface area contributed by atoms with E-state index in [9.17, 15) is 0 Å². The van der Waals surface area contributed by atoms with Gasteiger partial charge in [0.05, 0.1) is 17.6 Å². The van der Waals surface area contributed by atoms with Gasteiger partial charge in [0.15, 0.2) is 0 Å². The number of hydrogen-bond donors (Lipinski definition) is 1. The number of rotatable bonds is 6. The average Bonchev–Trinajstić information content (AvgIpc) is 3.51. The summed E-state index contributed by atoms with van der Waals surface area (Å²) in [6, 6.07) is 13.0. The number of aromatic nitrogens is 2. The zero-order valence-corrected chi connectivity index (χ0v) is 24.6. The first-order chi connectivity index (χ1) is 19.2. The van der Waals surface area contributed by atoms with Gasteiger partial charge in [-0.15, -0.1) is 0 Å². The van der Waals surface area contributed by atoms with Gasteiger partial charge in [-0.25, -0.2) is 4.98 Å². The number of aryl methyl sites for hydroxylation is 1. The molecule has 1 aromatic heterocycles. The largest absolute Gasteiger partial charge is 0.491 e. The highest BCUT2D eigenvalue weighted by atomic mass is 16.5. The van der Waals surface area contributed by atoms with Crippen LogP contribution in [0.15, 0.2) is 64.9 Å². The lowest BCUT2D eigenvalue weighted by molar-refractivity contribution is 0.257. The Morgan fingerprint density at radius 2 is 1.88 bits per heavy atom. The Morgan fingerprint density at radius 1 is 1.10 bits per heavy atom. The minimum Gasteiger partial charge on any atom is -0.491 e. The first-order valence-corrected chi connectivity index (χ1v) is 14.9. The zero-order valence-electron chi connectivity index (χ0n) is 24.6. The number of benzene rings is 2. The normalized spacial score (nSPS) is 20.0. The lowest BCUT2D eigenvalue weighted by atomic mass is 9.75. The van der Waals surface area contributed by atoms with Gasteiger partial charge in [0, 0.05) is 35.8 Å². The topological polar surface area (TPSA) is 56.8 Å². The molecule has 1 saturated heterocycles. The molecule has 2 aromatic carbocycles. The first kappa shape index (κ1) is 26.8. The number of allylic oxidation sites excluding steroid dienone is 2. The van der Waals surface area contributed by atoms with E-state index in [1.807, 2.05) is 6.92 Å². The molecule has 1 N–H and O–H groups in total. The summed E-state index contributed by atoms with van der Waals surface area (Å²) in [5, 5.41) is 0. The van der Waals surface area contributed by atoms with Crippen molar-refractivity contribution in [2.24, 2.45) is 10.4 Å². The highest BCUT2D eigenvalue weighted by Gasteiger charge is 2.31. The van der Waals surface area contributed by atoms with Crippen molar-refractivity contribution in [3.05, 3.63) is 71.3 Å². The molecule has 0 saturated carbocycles. The van der Waals surface area contributed by atoms with Gasteiger partial charge in [0.25, 0.3) is 0 Å². The fourth-order valence-corrected chi connectivity index (χ4v) is 6.51. The summed E-state index contributed by atoms with van der Waals surface area (Å²) < 4.78 is 6.24. The number of nitrogens with one attached hydrogen (secondary N) is 1. The summed E-state index contributed by atoms with van der Waals surface area (Å²) in [5.41, 5.74) is 10.8. The van der Waals surface area contributed by atoms with Crippen LogP contribution in [-0.2, 0) is 6.54 Å². The molecule has 6 rings (SSSR count). The second kappa shape index (κ2) is 10.9. The minimum atomic E-state index is 0.247. The van der Waals surface area contributed by atoms with Crippen LogP contribution in [0.25, 0.3) is 22.2 Å². The highest BCUT2D eigenvalue weighted by molar-refractivity contribution is 5.85. The molecule has 0 unspecified atom stereocenters. The number of aromatic amines is 1. The molecule has 0 radical (unpaired) electrons. The maximum absolute atomic E-state index is 6.24. The fraction of sp³-hybridized carbons (Fsp3) is 0.471. The standard InChI is InChI=1S/C34H43N5O/c1-23(21-38-14-6-7-15-38)35-30-12-13-34(4,5)20-29(30)24(2)39-16-17-40-33-11-9-26(18-28(33)22-39)27-8-10-31-32(19-27)37-25(3)36-31/h8-11,18-19H,2,6-7,12-17,20-22H2,1,3-5H3,(H,36,37). The van der Waals surface area contributed by atoms with Crippen molar-refractivity contribution in [3.8, 4) is 16.9 Å². The lowest BCUT2D eigenvalue weighted by Gasteiger charge is -2.36. The molecule has 1 fully saturated rings. The molecule has 0 spiro atoms. The Kier molecular flexibility index (Phi) is 7.30. The van der Waals surface area contributed by atoms with Crippen LogP contribution in [0.1, 0.15) is 64.3 Å². The van der Waals surface area contributed by atoms with Gasteiger partial charge in [0.1, 0.15) is 18.2 Å². The lowest BCUT2D eigenvalue weighted by Crippen LogP contribution is -2.29. The monoisotopic (exact) mass is 537 g/mol. The average molecular weight is 538 g/mol. The van der Waals surface area contributed by atoms with Gasteiger partial charge in [0.2, 0.25) is 0 Å². The van der Waals surface area contributed by atoms with Gasteiger partial charge in [-0.1, -0.05) is 32.6 Å². The molecule has 1 aliphatic carbocycles. The van der Waals surface area contributed by atoms with Crippen LogP contribution in [0.5, 0.6) is 5.75 Å². The Hall–Kier alpha value is -3.38. The molecule has 40 heavy (non-hydrogen) atoms. The molecule has 6 nitrogen and oxygen atoms in total. The molecule has 0 atom stereocenters. The predicted octanol–water partition coefficient (Wildman–Crippen LogP) is 7.27. The second-order valence-corrected chi connectivity index (χ2v) is 12.7.